The molecule has 0 saturated heterocycles. The van der Waals surface area contributed by atoms with Crippen LogP contribution in [0.4, 0.5) is 0 Å². The Morgan fingerprint density at radius 2 is 1.91 bits per heavy atom. The van der Waals surface area contributed by atoms with E-state index in [9.17, 15) is 0 Å². The second-order valence-corrected chi connectivity index (χ2v) is 2.71. The molecule has 0 aliphatic carbocycles. The van der Waals surface area contributed by atoms with E-state index < -0.39 is 0 Å². The Morgan fingerprint density at radius 1 is 1.09 bits per heavy atom. The third kappa shape index (κ3) is 9.54. The molecule has 0 atom stereocenters. The van der Waals surface area contributed by atoms with Crippen LogP contribution in [0.5, 0.6) is 0 Å². The lowest BCUT2D eigenvalue weighted by Crippen LogP contribution is -1.86. The van der Waals surface area contributed by atoms with E-state index in [-0.39, 0.29) is 0 Å². The van der Waals surface area contributed by atoms with Crippen LogP contribution in [-0.4, -0.2) is 6.61 Å². The van der Waals surface area contributed by atoms with Gasteiger partial charge in [0.05, 0.1) is 12.9 Å². The van der Waals surface area contributed by atoms with Gasteiger partial charge in [-0.3, -0.25) is 0 Å². The van der Waals surface area contributed by atoms with Crippen molar-refractivity contribution in [3.63, 3.8) is 0 Å². The quantitative estimate of drug-likeness (QED) is 0.405. The highest BCUT2D eigenvalue weighted by atomic mass is 16.5. The van der Waals surface area contributed by atoms with Crippen molar-refractivity contribution in [3.05, 3.63) is 12.3 Å². The van der Waals surface area contributed by atoms with Gasteiger partial charge in [-0.25, -0.2) is 0 Å². The third-order valence-corrected chi connectivity index (χ3v) is 1.54. The van der Waals surface area contributed by atoms with Gasteiger partial charge in [-0.2, -0.15) is 0 Å². The highest BCUT2D eigenvalue weighted by Gasteiger charge is 1.85. The lowest BCUT2D eigenvalue weighted by atomic mass is 10.2. The molecule has 0 aromatic carbocycles. The van der Waals surface area contributed by atoms with Gasteiger partial charge in [0.15, 0.2) is 0 Å². The molecule has 0 N–H and O–H groups in total. The van der Waals surface area contributed by atoms with Gasteiger partial charge in [0.25, 0.3) is 0 Å². The van der Waals surface area contributed by atoms with Crippen LogP contribution in [0.3, 0.4) is 0 Å². The van der Waals surface area contributed by atoms with Crippen molar-refractivity contribution in [1.29, 1.82) is 0 Å². The minimum atomic E-state index is 0.885. The fraction of sp³-hybridized carbons (Fsp3) is 0.800. The molecular formula is C10H20O. The summed E-state index contributed by atoms with van der Waals surface area (Å²) in [6.07, 6.45) is 10.0. The van der Waals surface area contributed by atoms with Crippen molar-refractivity contribution in [1.82, 2.24) is 0 Å². The molecule has 0 aliphatic rings. The highest BCUT2D eigenvalue weighted by Crippen LogP contribution is 1.98. The van der Waals surface area contributed by atoms with Gasteiger partial charge in [-0.1, -0.05) is 39.2 Å². The van der Waals surface area contributed by atoms with Gasteiger partial charge in [0.1, 0.15) is 0 Å². The molecule has 1 heteroatoms. The maximum Gasteiger partial charge on any atom is 0.0873 e. The average molecular weight is 156 g/mol. The van der Waals surface area contributed by atoms with E-state index in [0.717, 1.165) is 13.0 Å². The lowest BCUT2D eigenvalue weighted by molar-refractivity contribution is 0.240. The monoisotopic (exact) mass is 156 g/mol. The molecule has 0 heterocycles. The van der Waals surface area contributed by atoms with Gasteiger partial charge >= 0.3 is 0 Å². The van der Waals surface area contributed by atoms with Crippen LogP contribution in [0, 0.1) is 0 Å². The smallest absolute Gasteiger partial charge is 0.0873 e. The highest BCUT2D eigenvalue weighted by molar-refractivity contribution is 4.70. The van der Waals surface area contributed by atoms with Crippen LogP contribution in [0.25, 0.3) is 0 Å². The number of hydrogen-bond acceptors (Lipinski definition) is 1. The molecule has 0 amide bonds. The Morgan fingerprint density at radius 3 is 2.55 bits per heavy atom. The summed E-state index contributed by atoms with van der Waals surface area (Å²) >= 11 is 0. The molecule has 0 spiro atoms. The molecule has 0 aromatic rings. The summed E-state index contributed by atoms with van der Waals surface area (Å²) in [4.78, 5) is 0. The van der Waals surface area contributed by atoms with Crippen molar-refractivity contribution in [3.8, 4) is 0 Å². The SMILES string of the molecule is CCC=COCCCCCC. The molecule has 66 valence electrons. The van der Waals surface area contributed by atoms with Gasteiger partial charge in [0.2, 0.25) is 0 Å². The molecule has 0 unspecified atom stereocenters. The molecule has 0 aliphatic heterocycles. The number of hydrogen-bond donors (Lipinski definition) is 0. The van der Waals surface area contributed by atoms with Crippen LogP contribution in [0.1, 0.15) is 46.0 Å². The van der Waals surface area contributed by atoms with E-state index >= 15 is 0 Å². The molecule has 1 nitrogen and oxygen atoms in total. The van der Waals surface area contributed by atoms with Crippen LogP contribution in [0.15, 0.2) is 12.3 Å². The van der Waals surface area contributed by atoms with Crippen molar-refractivity contribution in [2.24, 2.45) is 0 Å². The fourth-order valence-electron chi connectivity index (χ4n) is 0.844. The summed E-state index contributed by atoms with van der Waals surface area (Å²) in [5.74, 6) is 0. The number of allylic oxidation sites excluding steroid dienone is 1. The zero-order valence-electron chi connectivity index (χ0n) is 7.81. The molecule has 0 saturated carbocycles. The van der Waals surface area contributed by atoms with Crippen molar-refractivity contribution < 1.29 is 4.74 Å². The number of unbranched alkanes of at least 4 members (excludes halogenated alkanes) is 3. The Bertz CT molecular complexity index is 86.9. The lowest BCUT2D eigenvalue weighted by Gasteiger charge is -1.98. The van der Waals surface area contributed by atoms with Crippen LogP contribution >= 0.6 is 0 Å². The average Bonchev–Trinajstić information content (AvgIpc) is 2.03. The number of ether oxygens (including phenoxy) is 1. The minimum absolute atomic E-state index is 0.885. The first kappa shape index (κ1) is 10.5. The molecule has 0 bridgehead atoms. The summed E-state index contributed by atoms with van der Waals surface area (Å²) in [6.45, 7) is 5.21. The first-order chi connectivity index (χ1) is 5.41. The first-order valence-corrected chi connectivity index (χ1v) is 4.68. The molecule has 0 rings (SSSR count). The Kier molecular flexibility index (Phi) is 9.14. The van der Waals surface area contributed by atoms with E-state index in [4.69, 9.17) is 4.74 Å². The van der Waals surface area contributed by atoms with E-state index in [1.807, 2.05) is 12.3 Å². The Balaban J connectivity index is 2.85. The van der Waals surface area contributed by atoms with E-state index in [2.05, 4.69) is 13.8 Å². The largest absolute Gasteiger partial charge is 0.502 e. The topological polar surface area (TPSA) is 9.23 Å². The van der Waals surface area contributed by atoms with E-state index in [0.29, 0.717) is 0 Å². The zero-order valence-corrected chi connectivity index (χ0v) is 7.81. The molecular weight excluding hydrogens is 136 g/mol. The summed E-state index contributed by atoms with van der Waals surface area (Å²) < 4.78 is 5.24. The second-order valence-electron chi connectivity index (χ2n) is 2.71. The summed E-state index contributed by atoms with van der Waals surface area (Å²) in [5, 5.41) is 0. The Labute approximate surface area is 70.4 Å². The Hall–Kier alpha value is -0.460. The van der Waals surface area contributed by atoms with Gasteiger partial charge < -0.3 is 4.74 Å². The van der Waals surface area contributed by atoms with E-state index in [1.165, 1.54) is 25.7 Å². The molecule has 0 aromatic heterocycles. The first-order valence-electron chi connectivity index (χ1n) is 4.68. The van der Waals surface area contributed by atoms with Gasteiger partial charge in [-0.15, -0.1) is 0 Å². The standard InChI is InChI=1S/C10H20O/c1-3-5-7-8-10-11-9-6-4-2/h6,9H,3-5,7-8,10H2,1-2H3. The molecule has 0 fully saturated rings. The van der Waals surface area contributed by atoms with Gasteiger partial charge in [-0.05, 0) is 12.8 Å². The fourth-order valence-corrected chi connectivity index (χ4v) is 0.844. The predicted molar refractivity (Wildman–Crippen MR) is 49.5 cm³/mol. The normalized spacial score (nSPS) is 10.7. The van der Waals surface area contributed by atoms with Crippen LogP contribution < -0.4 is 0 Å². The van der Waals surface area contributed by atoms with Crippen LogP contribution in [-0.2, 0) is 4.74 Å². The predicted octanol–water partition coefficient (Wildman–Crippen LogP) is 3.51. The molecule has 0 radical (unpaired) electrons. The summed E-state index contributed by atoms with van der Waals surface area (Å²) in [5.41, 5.74) is 0. The maximum atomic E-state index is 5.24. The zero-order chi connectivity index (χ0) is 8.36. The van der Waals surface area contributed by atoms with Gasteiger partial charge in [0, 0.05) is 0 Å². The van der Waals surface area contributed by atoms with Crippen molar-refractivity contribution >= 4 is 0 Å². The summed E-state index contributed by atoms with van der Waals surface area (Å²) in [6, 6.07) is 0. The minimum Gasteiger partial charge on any atom is -0.502 e. The number of rotatable bonds is 7. The van der Waals surface area contributed by atoms with Crippen molar-refractivity contribution in [2.45, 2.75) is 46.0 Å². The summed E-state index contributed by atoms with van der Waals surface area (Å²) in [7, 11) is 0. The van der Waals surface area contributed by atoms with Crippen molar-refractivity contribution in [2.75, 3.05) is 6.61 Å². The van der Waals surface area contributed by atoms with E-state index in [1.54, 1.807) is 0 Å². The maximum absolute atomic E-state index is 5.24. The third-order valence-electron chi connectivity index (χ3n) is 1.54. The molecule has 11 heavy (non-hydrogen) atoms. The van der Waals surface area contributed by atoms with Crippen LogP contribution in [0.2, 0.25) is 0 Å². The second kappa shape index (κ2) is 9.54.